The first-order valence-corrected chi connectivity index (χ1v) is 8.17. The van der Waals surface area contributed by atoms with Gasteiger partial charge in [-0.05, 0) is 33.6 Å². The normalized spacial score (nSPS) is 27.1. The number of ether oxygens (including phenoxy) is 2. The van der Waals surface area contributed by atoms with E-state index in [4.69, 9.17) is 9.47 Å². The topological polar surface area (TPSA) is 59.1 Å². The molecule has 0 unspecified atom stereocenters. The first-order valence-electron chi connectivity index (χ1n) is 8.17. The maximum Gasteiger partial charge on any atom is 0.410 e. The quantitative estimate of drug-likeness (QED) is 0.725. The summed E-state index contributed by atoms with van der Waals surface area (Å²) in [5, 5.41) is 0. The van der Waals surface area contributed by atoms with E-state index < -0.39 is 17.8 Å². The number of hydrogen-bond acceptors (Lipinski definition) is 5. The van der Waals surface area contributed by atoms with E-state index in [-0.39, 0.29) is 31.1 Å². The van der Waals surface area contributed by atoms with Gasteiger partial charge < -0.3 is 14.4 Å². The molecule has 7 heteroatoms. The number of esters is 1. The number of methoxy groups -OCH3 is 1. The van der Waals surface area contributed by atoms with E-state index >= 15 is 0 Å². The molecule has 0 aromatic carbocycles. The summed E-state index contributed by atoms with van der Waals surface area (Å²) in [6.07, 6.45) is 0.297. The maximum absolute atomic E-state index is 13.7. The first kappa shape index (κ1) is 18.0. The lowest BCUT2D eigenvalue weighted by Crippen LogP contribution is -2.51. The Bertz CT molecular complexity index is 444. The van der Waals surface area contributed by atoms with Gasteiger partial charge in [-0.3, -0.25) is 9.69 Å². The molecule has 132 valence electrons. The number of halogens is 1. The zero-order valence-electron chi connectivity index (χ0n) is 14.4. The molecule has 2 aliphatic heterocycles. The molecule has 2 fully saturated rings. The molecule has 23 heavy (non-hydrogen) atoms. The molecule has 1 amide bonds. The summed E-state index contributed by atoms with van der Waals surface area (Å²) in [5.41, 5.74) is -0.514. The van der Waals surface area contributed by atoms with E-state index in [1.807, 2.05) is 25.7 Å². The Balaban J connectivity index is 1.91. The Morgan fingerprint density at radius 1 is 1.17 bits per heavy atom. The second-order valence-corrected chi connectivity index (χ2v) is 7.27. The van der Waals surface area contributed by atoms with Crippen LogP contribution in [0.1, 0.15) is 40.0 Å². The van der Waals surface area contributed by atoms with Crippen LogP contribution in [-0.2, 0) is 14.3 Å². The molecule has 2 atom stereocenters. The van der Waals surface area contributed by atoms with Crippen molar-refractivity contribution in [3.63, 3.8) is 0 Å². The molecule has 0 radical (unpaired) electrons. The number of carbonyl (C=O) groups excluding carboxylic acids is 2. The summed E-state index contributed by atoms with van der Waals surface area (Å²) in [6.45, 7) is 6.89. The van der Waals surface area contributed by atoms with Gasteiger partial charge in [0.1, 0.15) is 17.8 Å². The van der Waals surface area contributed by atoms with Crippen LogP contribution < -0.4 is 0 Å². The van der Waals surface area contributed by atoms with Gasteiger partial charge in [-0.2, -0.15) is 0 Å². The molecule has 0 aromatic heterocycles. The monoisotopic (exact) mass is 330 g/mol. The third-order valence-electron chi connectivity index (χ3n) is 4.35. The minimum atomic E-state index is -0.997. The lowest BCUT2D eigenvalue weighted by atomic mass is 10.0. The SMILES string of the molecule is COC(=O)[C@H]1C[C@@H](F)CN1C1CCN(C(=O)OC(C)(C)C)CC1. The molecule has 0 saturated carbocycles. The van der Waals surface area contributed by atoms with Crippen molar-refractivity contribution in [2.45, 2.75) is 63.9 Å². The number of hydrogen-bond donors (Lipinski definition) is 0. The highest BCUT2D eigenvalue weighted by Crippen LogP contribution is 2.28. The van der Waals surface area contributed by atoms with Crippen molar-refractivity contribution in [3.05, 3.63) is 0 Å². The van der Waals surface area contributed by atoms with Gasteiger partial charge in [-0.1, -0.05) is 0 Å². The Morgan fingerprint density at radius 3 is 2.30 bits per heavy atom. The van der Waals surface area contributed by atoms with Crippen LogP contribution in [0.3, 0.4) is 0 Å². The number of rotatable bonds is 2. The maximum atomic E-state index is 13.7. The van der Waals surface area contributed by atoms with Crippen LogP contribution in [-0.4, -0.2) is 72.5 Å². The first-order chi connectivity index (χ1) is 10.7. The summed E-state index contributed by atoms with van der Waals surface area (Å²) in [4.78, 5) is 27.5. The van der Waals surface area contributed by atoms with Crippen molar-refractivity contribution in [1.82, 2.24) is 9.80 Å². The average Bonchev–Trinajstić information content (AvgIpc) is 2.87. The number of piperidine rings is 1. The van der Waals surface area contributed by atoms with E-state index in [2.05, 4.69) is 0 Å². The summed E-state index contributed by atoms with van der Waals surface area (Å²) < 4.78 is 23.9. The smallest absolute Gasteiger partial charge is 0.410 e. The van der Waals surface area contributed by atoms with Gasteiger partial charge in [0.05, 0.1) is 7.11 Å². The van der Waals surface area contributed by atoms with Crippen LogP contribution in [0, 0.1) is 0 Å². The van der Waals surface area contributed by atoms with Gasteiger partial charge in [-0.25, -0.2) is 9.18 Å². The highest BCUT2D eigenvalue weighted by Gasteiger charge is 2.42. The van der Waals surface area contributed by atoms with Gasteiger partial charge >= 0.3 is 12.1 Å². The van der Waals surface area contributed by atoms with Crippen LogP contribution >= 0.6 is 0 Å². The highest BCUT2D eigenvalue weighted by molar-refractivity contribution is 5.76. The van der Waals surface area contributed by atoms with Crippen molar-refractivity contribution in [2.75, 3.05) is 26.7 Å². The fraction of sp³-hybridized carbons (Fsp3) is 0.875. The molecular weight excluding hydrogens is 303 g/mol. The molecule has 2 saturated heterocycles. The molecule has 0 aromatic rings. The molecule has 2 aliphatic rings. The average molecular weight is 330 g/mol. The number of amides is 1. The number of nitrogens with zero attached hydrogens (tertiary/aromatic N) is 2. The van der Waals surface area contributed by atoms with E-state index in [9.17, 15) is 14.0 Å². The number of likely N-dealkylation sites (tertiary alicyclic amines) is 2. The van der Waals surface area contributed by atoms with Crippen LogP contribution in [0.15, 0.2) is 0 Å². The lowest BCUT2D eigenvalue weighted by Gasteiger charge is -2.38. The second kappa shape index (κ2) is 7.03. The zero-order chi connectivity index (χ0) is 17.2. The summed E-state index contributed by atoms with van der Waals surface area (Å²) in [7, 11) is 1.33. The third kappa shape index (κ3) is 4.56. The molecule has 0 aliphatic carbocycles. The van der Waals surface area contributed by atoms with E-state index in [1.54, 1.807) is 4.90 Å². The third-order valence-corrected chi connectivity index (χ3v) is 4.35. The van der Waals surface area contributed by atoms with Gasteiger partial charge in [0.2, 0.25) is 0 Å². The van der Waals surface area contributed by atoms with Crippen molar-refractivity contribution in [2.24, 2.45) is 0 Å². The van der Waals surface area contributed by atoms with Crippen molar-refractivity contribution >= 4 is 12.1 Å². The van der Waals surface area contributed by atoms with Gasteiger partial charge in [-0.15, -0.1) is 0 Å². The van der Waals surface area contributed by atoms with Crippen molar-refractivity contribution in [1.29, 1.82) is 0 Å². The minimum Gasteiger partial charge on any atom is -0.468 e. The van der Waals surface area contributed by atoms with Gasteiger partial charge in [0.15, 0.2) is 0 Å². The zero-order valence-corrected chi connectivity index (χ0v) is 14.4. The largest absolute Gasteiger partial charge is 0.468 e. The molecule has 0 bridgehead atoms. The van der Waals surface area contributed by atoms with E-state index in [0.29, 0.717) is 25.9 Å². The van der Waals surface area contributed by atoms with E-state index in [0.717, 1.165) is 0 Å². The summed E-state index contributed by atoms with van der Waals surface area (Å²) >= 11 is 0. The Labute approximate surface area is 136 Å². The fourth-order valence-corrected chi connectivity index (χ4v) is 3.29. The Kier molecular flexibility index (Phi) is 5.49. The predicted octanol–water partition coefficient (Wildman–Crippen LogP) is 1.97. The molecule has 0 N–H and O–H groups in total. The predicted molar refractivity (Wildman–Crippen MR) is 82.9 cm³/mol. The Hall–Kier alpha value is -1.37. The molecule has 6 nitrogen and oxygen atoms in total. The molecule has 2 heterocycles. The van der Waals surface area contributed by atoms with E-state index in [1.165, 1.54) is 7.11 Å². The van der Waals surface area contributed by atoms with Crippen LogP contribution in [0.4, 0.5) is 9.18 Å². The molecule has 0 spiro atoms. The number of alkyl halides is 1. The standard InChI is InChI=1S/C16H27FN2O4/c1-16(2,3)23-15(21)18-7-5-12(6-8-18)19-10-11(17)9-13(19)14(20)22-4/h11-13H,5-10H2,1-4H3/t11-,13-/m1/s1. The van der Waals surface area contributed by atoms with Gasteiger partial charge in [0.25, 0.3) is 0 Å². The lowest BCUT2D eigenvalue weighted by molar-refractivity contribution is -0.147. The van der Waals surface area contributed by atoms with Crippen molar-refractivity contribution in [3.8, 4) is 0 Å². The number of carbonyl (C=O) groups is 2. The fourth-order valence-electron chi connectivity index (χ4n) is 3.29. The highest BCUT2D eigenvalue weighted by atomic mass is 19.1. The molecule has 2 rings (SSSR count). The van der Waals surface area contributed by atoms with Crippen LogP contribution in [0.2, 0.25) is 0 Å². The van der Waals surface area contributed by atoms with Crippen LogP contribution in [0.5, 0.6) is 0 Å². The summed E-state index contributed by atoms with van der Waals surface area (Å²) in [5.74, 6) is -0.375. The summed E-state index contributed by atoms with van der Waals surface area (Å²) in [6, 6.07) is -0.411. The van der Waals surface area contributed by atoms with Crippen LogP contribution in [0.25, 0.3) is 0 Å². The van der Waals surface area contributed by atoms with Crippen molar-refractivity contribution < 1.29 is 23.5 Å². The molecular formula is C16H27FN2O4. The van der Waals surface area contributed by atoms with Gasteiger partial charge in [0, 0.05) is 32.1 Å². The Morgan fingerprint density at radius 2 is 1.78 bits per heavy atom. The minimum absolute atomic E-state index is 0.0959. The second-order valence-electron chi connectivity index (χ2n) is 7.27.